The Kier molecular flexibility index (Phi) is 6.44. The van der Waals surface area contributed by atoms with Crippen LogP contribution >= 0.6 is 0 Å². The van der Waals surface area contributed by atoms with Crippen molar-refractivity contribution in [3.8, 4) is 0 Å². The largest absolute Gasteiger partial charge is 0.351 e. The molecule has 1 aromatic heterocycles. The smallest absolute Gasteiger partial charge is 0.223 e. The zero-order valence-corrected chi connectivity index (χ0v) is 17.2. The highest BCUT2D eigenvalue weighted by Gasteiger charge is 2.24. The van der Waals surface area contributed by atoms with Gasteiger partial charge in [0.05, 0.1) is 17.0 Å². The molecule has 1 heterocycles. The molecule has 0 amide bonds. The van der Waals surface area contributed by atoms with Crippen LogP contribution < -0.4 is 5.32 Å². The molecule has 1 aliphatic carbocycles. The van der Waals surface area contributed by atoms with E-state index in [2.05, 4.69) is 15.3 Å². The van der Waals surface area contributed by atoms with E-state index in [1.54, 1.807) is 6.20 Å². The van der Waals surface area contributed by atoms with E-state index < -0.39 is 9.84 Å². The van der Waals surface area contributed by atoms with Crippen molar-refractivity contribution in [1.29, 1.82) is 0 Å². The van der Waals surface area contributed by atoms with Crippen molar-refractivity contribution in [2.75, 3.05) is 17.3 Å². The molecule has 0 saturated heterocycles. The number of ketones is 1. The van der Waals surface area contributed by atoms with Crippen molar-refractivity contribution in [3.63, 3.8) is 0 Å². The molecule has 3 rings (SSSR count). The van der Waals surface area contributed by atoms with Crippen LogP contribution in [0.15, 0.2) is 36.5 Å². The maximum absolute atomic E-state index is 12.0. The third-order valence-electron chi connectivity index (χ3n) is 5.18. The first-order chi connectivity index (χ1) is 13.3. The van der Waals surface area contributed by atoms with Gasteiger partial charge in [-0.3, -0.25) is 4.79 Å². The number of Topliss-reactive ketones (excluding diaryl/α,β-unsaturated/α-hetero) is 1. The van der Waals surface area contributed by atoms with Gasteiger partial charge >= 0.3 is 0 Å². The predicted octanol–water partition coefficient (Wildman–Crippen LogP) is 3.53. The van der Waals surface area contributed by atoms with Crippen LogP contribution in [0.5, 0.6) is 0 Å². The van der Waals surface area contributed by atoms with E-state index >= 15 is 0 Å². The lowest BCUT2D eigenvalue weighted by Gasteiger charge is -2.28. The van der Waals surface area contributed by atoms with Gasteiger partial charge in [0, 0.05) is 26.3 Å². The Labute approximate surface area is 168 Å². The first-order valence-corrected chi connectivity index (χ1v) is 11.7. The molecule has 28 heavy (non-hydrogen) atoms. The molecule has 1 saturated carbocycles. The number of hydrogen-bond donors (Lipinski definition) is 1. The molecule has 1 N–H and O–H groups in total. The standard InChI is InChI=1S/C21H27N3O3S.H2/c1-15(25)19-13-22-21(24-20(19)12-16-6-4-3-5-7-16)23-18-10-8-17(9-11-18)14-28(2,26)27;/h3-7,13,17-18H,8-12,14H2,1-2H3,(H,22,23,24);1H. The molecule has 6 nitrogen and oxygen atoms in total. The Hall–Kier alpha value is -2.28. The number of hydrogen-bond acceptors (Lipinski definition) is 6. The molecule has 1 fully saturated rings. The minimum absolute atomic E-state index is 0. The third kappa shape index (κ3) is 5.86. The average Bonchev–Trinajstić information content (AvgIpc) is 2.63. The van der Waals surface area contributed by atoms with Gasteiger partial charge in [0.2, 0.25) is 5.95 Å². The van der Waals surface area contributed by atoms with Gasteiger partial charge < -0.3 is 5.32 Å². The van der Waals surface area contributed by atoms with E-state index in [1.165, 1.54) is 13.2 Å². The summed E-state index contributed by atoms with van der Waals surface area (Å²) in [6.07, 6.45) is 7.04. The monoisotopic (exact) mass is 403 g/mol. The second kappa shape index (κ2) is 8.82. The van der Waals surface area contributed by atoms with E-state index in [9.17, 15) is 13.2 Å². The Balaban J connectivity index is 0.00000300. The van der Waals surface area contributed by atoms with Crippen LogP contribution in [0.2, 0.25) is 0 Å². The van der Waals surface area contributed by atoms with Gasteiger partial charge in [0.1, 0.15) is 9.84 Å². The highest BCUT2D eigenvalue weighted by atomic mass is 32.2. The third-order valence-corrected chi connectivity index (χ3v) is 6.26. The minimum atomic E-state index is -2.93. The summed E-state index contributed by atoms with van der Waals surface area (Å²) in [4.78, 5) is 20.9. The molecule has 0 bridgehead atoms. The van der Waals surface area contributed by atoms with E-state index in [4.69, 9.17) is 0 Å². The summed E-state index contributed by atoms with van der Waals surface area (Å²) in [7, 11) is -2.93. The maximum atomic E-state index is 12.0. The van der Waals surface area contributed by atoms with Gasteiger partial charge in [-0.2, -0.15) is 0 Å². The van der Waals surface area contributed by atoms with Gasteiger partial charge in [-0.25, -0.2) is 18.4 Å². The highest BCUT2D eigenvalue weighted by Crippen LogP contribution is 2.27. The average molecular weight is 404 g/mol. The van der Waals surface area contributed by atoms with Crippen molar-refractivity contribution >= 4 is 21.6 Å². The zero-order chi connectivity index (χ0) is 20.1. The van der Waals surface area contributed by atoms with Crippen LogP contribution in [0.3, 0.4) is 0 Å². The second-order valence-electron chi connectivity index (χ2n) is 7.73. The second-order valence-corrected chi connectivity index (χ2v) is 9.91. The number of nitrogens with one attached hydrogen (secondary N) is 1. The van der Waals surface area contributed by atoms with Gasteiger partial charge in [0.15, 0.2) is 5.78 Å². The highest BCUT2D eigenvalue weighted by molar-refractivity contribution is 7.90. The predicted molar refractivity (Wildman–Crippen MR) is 112 cm³/mol. The molecule has 1 aliphatic rings. The Bertz CT molecular complexity index is 927. The first kappa shape index (κ1) is 20.5. The number of rotatable bonds is 7. The summed E-state index contributed by atoms with van der Waals surface area (Å²) in [5.41, 5.74) is 2.36. The fraction of sp³-hybridized carbons (Fsp3) is 0.476. The number of carbonyl (C=O) groups is 1. The Morgan fingerprint density at radius 3 is 2.46 bits per heavy atom. The van der Waals surface area contributed by atoms with Gasteiger partial charge in [-0.05, 0) is 44.1 Å². The van der Waals surface area contributed by atoms with Crippen molar-refractivity contribution in [2.24, 2.45) is 5.92 Å². The van der Waals surface area contributed by atoms with Crippen LogP contribution in [-0.4, -0.2) is 42.2 Å². The molecular formula is C21H29N3O3S. The number of carbonyl (C=O) groups excluding carboxylic acids is 1. The van der Waals surface area contributed by atoms with E-state index in [1.807, 2.05) is 30.3 Å². The van der Waals surface area contributed by atoms with Crippen molar-refractivity contribution in [3.05, 3.63) is 53.3 Å². The van der Waals surface area contributed by atoms with Gasteiger partial charge in [-0.1, -0.05) is 30.3 Å². The quantitative estimate of drug-likeness (QED) is 0.712. The molecule has 2 aromatic rings. The Morgan fingerprint density at radius 2 is 1.86 bits per heavy atom. The van der Waals surface area contributed by atoms with Crippen LogP contribution in [0.25, 0.3) is 0 Å². The van der Waals surface area contributed by atoms with Gasteiger partial charge in [0.25, 0.3) is 0 Å². The Morgan fingerprint density at radius 1 is 1.18 bits per heavy atom. The molecule has 0 radical (unpaired) electrons. The minimum Gasteiger partial charge on any atom is -0.351 e. The van der Waals surface area contributed by atoms with Crippen LogP contribution in [-0.2, 0) is 16.3 Å². The lowest BCUT2D eigenvalue weighted by atomic mass is 9.87. The van der Waals surface area contributed by atoms with Crippen molar-refractivity contribution < 1.29 is 14.6 Å². The number of sulfone groups is 1. The number of aromatic nitrogens is 2. The summed E-state index contributed by atoms with van der Waals surface area (Å²) in [5, 5.41) is 3.37. The molecule has 0 spiro atoms. The number of benzene rings is 1. The van der Waals surface area contributed by atoms with E-state index in [-0.39, 0.29) is 24.9 Å². The van der Waals surface area contributed by atoms with Crippen LogP contribution in [0.4, 0.5) is 5.95 Å². The van der Waals surface area contributed by atoms with E-state index in [0.717, 1.165) is 36.9 Å². The lowest BCUT2D eigenvalue weighted by Crippen LogP contribution is -2.29. The molecule has 7 heteroatoms. The normalized spacial score (nSPS) is 19.9. The summed E-state index contributed by atoms with van der Waals surface area (Å²) < 4.78 is 23.0. The zero-order valence-electron chi connectivity index (χ0n) is 16.4. The maximum Gasteiger partial charge on any atom is 0.223 e. The van der Waals surface area contributed by atoms with E-state index in [0.29, 0.717) is 17.9 Å². The molecular weight excluding hydrogens is 374 g/mol. The lowest BCUT2D eigenvalue weighted by molar-refractivity contribution is 0.101. The summed E-state index contributed by atoms with van der Waals surface area (Å²) in [5.74, 6) is 0.994. The molecule has 1 aromatic carbocycles. The van der Waals surface area contributed by atoms with Crippen LogP contribution in [0, 0.1) is 5.92 Å². The van der Waals surface area contributed by atoms with Crippen molar-refractivity contribution in [1.82, 2.24) is 9.97 Å². The summed E-state index contributed by atoms with van der Waals surface area (Å²) >= 11 is 0. The molecule has 152 valence electrons. The number of anilines is 1. The topological polar surface area (TPSA) is 89.0 Å². The van der Waals surface area contributed by atoms with Crippen LogP contribution in [0.1, 0.15) is 55.6 Å². The summed E-state index contributed by atoms with van der Waals surface area (Å²) in [6.45, 7) is 1.53. The fourth-order valence-electron chi connectivity index (χ4n) is 3.79. The molecule has 0 aliphatic heterocycles. The summed E-state index contributed by atoms with van der Waals surface area (Å²) in [6, 6.07) is 10.2. The first-order valence-electron chi connectivity index (χ1n) is 9.65. The SMILES string of the molecule is CC(=O)c1cnc(NC2CCC(CS(C)(=O)=O)CC2)nc1Cc1ccccc1.[HH]. The van der Waals surface area contributed by atoms with Crippen molar-refractivity contribution in [2.45, 2.75) is 45.1 Å². The molecule has 0 unspecified atom stereocenters. The van der Waals surface area contributed by atoms with Gasteiger partial charge in [-0.15, -0.1) is 0 Å². The number of nitrogens with zero attached hydrogens (tertiary/aromatic N) is 2. The molecule has 0 atom stereocenters. The fourth-order valence-corrected chi connectivity index (χ4v) is 4.98.